The first-order chi connectivity index (χ1) is 16.1. The molecule has 0 aliphatic carbocycles. The summed E-state index contributed by atoms with van der Waals surface area (Å²) in [6, 6.07) is 11.7. The fraction of sp³-hybridized carbons (Fsp3) is 0.217. The highest BCUT2D eigenvalue weighted by Gasteiger charge is 2.24. The number of carbonyl (C=O) groups is 2. The quantitative estimate of drug-likeness (QED) is 0.387. The maximum atomic E-state index is 12.6. The molecule has 4 heterocycles. The van der Waals surface area contributed by atoms with Gasteiger partial charge in [-0.2, -0.15) is 0 Å². The molecule has 0 saturated carbocycles. The number of ether oxygens (including phenoxy) is 1. The highest BCUT2D eigenvalue weighted by Crippen LogP contribution is 2.33. The van der Waals surface area contributed by atoms with E-state index < -0.39 is 5.97 Å². The van der Waals surface area contributed by atoms with Crippen LogP contribution in [0.1, 0.15) is 11.4 Å². The lowest BCUT2D eigenvalue weighted by molar-refractivity contribution is -0.145. The fourth-order valence-electron chi connectivity index (χ4n) is 3.77. The average Bonchev–Trinajstić information content (AvgIpc) is 3.56. The monoisotopic (exact) mass is 497 g/mol. The highest BCUT2D eigenvalue weighted by molar-refractivity contribution is 7.99. The lowest BCUT2D eigenvalue weighted by Gasteiger charge is -2.17. The minimum Gasteiger partial charge on any atom is -0.455 e. The Hall–Kier alpha value is -2.95. The molecule has 1 aromatic carbocycles. The van der Waals surface area contributed by atoms with E-state index >= 15 is 0 Å². The molecule has 0 unspecified atom stereocenters. The number of nitrogens with zero attached hydrogens (tertiary/aromatic N) is 2. The van der Waals surface area contributed by atoms with Crippen molar-refractivity contribution in [3.8, 4) is 10.4 Å². The summed E-state index contributed by atoms with van der Waals surface area (Å²) in [5, 5.41) is 4.52. The van der Waals surface area contributed by atoms with Gasteiger partial charge < -0.3 is 14.6 Å². The third-order valence-corrected chi connectivity index (χ3v) is 7.98. The number of hydrogen-bond donors (Lipinski definition) is 1. The molecule has 0 atom stereocenters. The summed E-state index contributed by atoms with van der Waals surface area (Å²) in [6.07, 6.45) is 0.806. The fourth-order valence-corrected chi connectivity index (χ4v) is 6.23. The Kier molecular flexibility index (Phi) is 6.30. The van der Waals surface area contributed by atoms with Crippen molar-refractivity contribution in [2.24, 2.45) is 0 Å². The van der Waals surface area contributed by atoms with E-state index in [1.807, 2.05) is 47.2 Å². The number of fused-ring (bicyclic) bond motifs is 2. The SMILES string of the molecule is O=C(CSCc1nc2scc(-c3cccs3)c2c(=O)[nH]1)OCC(=O)N1CCc2ccccc21. The first kappa shape index (κ1) is 21.9. The second-order valence-electron chi connectivity index (χ2n) is 7.40. The summed E-state index contributed by atoms with van der Waals surface area (Å²) in [5.41, 5.74) is 2.72. The molecule has 33 heavy (non-hydrogen) atoms. The van der Waals surface area contributed by atoms with Gasteiger partial charge in [-0.05, 0) is 29.5 Å². The van der Waals surface area contributed by atoms with Crippen LogP contribution < -0.4 is 10.5 Å². The van der Waals surface area contributed by atoms with E-state index in [9.17, 15) is 14.4 Å². The molecule has 1 N–H and O–H groups in total. The average molecular weight is 498 g/mol. The van der Waals surface area contributed by atoms with Gasteiger partial charge in [-0.25, -0.2) is 4.98 Å². The molecular formula is C23H19N3O4S3. The number of aromatic nitrogens is 2. The predicted octanol–water partition coefficient (Wildman–Crippen LogP) is 4.08. The van der Waals surface area contributed by atoms with Crippen LogP contribution in [0.25, 0.3) is 20.7 Å². The minimum absolute atomic E-state index is 0.0660. The molecule has 10 heteroatoms. The molecular weight excluding hydrogens is 478 g/mol. The van der Waals surface area contributed by atoms with Crippen LogP contribution >= 0.6 is 34.4 Å². The Bertz CT molecular complexity index is 1380. The van der Waals surface area contributed by atoms with Gasteiger partial charge >= 0.3 is 5.97 Å². The van der Waals surface area contributed by atoms with Gasteiger partial charge in [-0.15, -0.1) is 34.4 Å². The number of nitrogens with one attached hydrogen (secondary N) is 1. The minimum atomic E-state index is -0.472. The molecule has 168 valence electrons. The van der Waals surface area contributed by atoms with Crippen LogP contribution in [-0.4, -0.2) is 40.7 Å². The number of benzene rings is 1. The van der Waals surface area contributed by atoms with Gasteiger partial charge in [0.05, 0.1) is 16.9 Å². The standard InChI is InChI=1S/C23H19N3O4S3/c27-19(26-8-7-14-4-1-2-5-16(14)26)10-30-20(28)13-31-12-18-24-22(29)21-15(11-33-23(21)25-18)17-6-3-9-32-17/h1-6,9,11H,7-8,10,12-13H2,(H,24,25,29). The maximum Gasteiger partial charge on any atom is 0.316 e. The van der Waals surface area contributed by atoms with Gasteiger partial charge in [-0.3, -0.25) is 14.4 Å². The number of para-hydroxylation sites is 1. The second-order valence-corrected chi connectivity index (χ2v) is 10.2. The van der Waals surface area contributed by atoms with E-state index in [0.717, 1.165) is 28.1 Å². The Balaban J connectivity index is 1.14. The van der Waals surface area contributed by atoms with Crippen LogP contribution in [0.4, 0.5) is 5.69 Å². The zero-order chi connectivity index (χ0) is 22.8. The van der Waals surface area contributed by atoms with E-state index in [4.69, 9.17) is 4.74 Å². The van der Waals surface area contributed by atoms with Gasteiger partial charge in [0.25, 0.3) is 11.5 Å². The first-order valence-electron chi connectivity index (χ1n) is 10.3. The van der Waals surface area contributed by atoms with Crippen LogP contribution in [0, 0.1) is 0 Å². The van der Waals surface area contributed by atoms with Crippen molar-refractivity contribution in [2.75, 3.05) is 23.8 Å². The molecule has 1 aliphatic rings. The van der Waals surface area contributed by atoms with E-state index in [1.54, 1.807) is 16.2 Å². The van der Waals surface area contributed by atoms with Crippen LogP contribution in [0.15, 0.2) is 52.0 Å². The normalized spacial score (nSPS) is 12.8. The zero-order valence-corrected chi connectivity index (χ0v) is 19.9. The highest BCUT2D eigenvalue weighted by atomic mass is 32.2. The van der Waals surface area contributed by atoms with E-state index in [-0.39, 0.29) is 23.8 Å². The van der Waals surface area contributed by atoms with E-state index in [0.29, 0.717) is 28.3 Å². The molecule has 0 spiro atoms. The van der Waals surface area contributed by atoms with Crippen molar-refractivity contribution < 1.29 is 14.3 Å². The van der Waals surface area contributed by atoms with Crippen molar-refractivity contribution in [2.45, 2.75) is 12.2 Å². The number of aromatic amines is 1. The lowest BCUT2D eigenvalue weighted by Crippen LogP contribution is -2.33. The first-order valence-corrected chi connectivity index (χ1v) is 13.2. The molecule has 0 fully saturated rings. The van der Waals surface area contributed by atoms with Crippen molar-refractivity contribution >= 4 is 62.2 Å². The number of H-pyrrole nitrogens is 1. The van der Waals surface area contributed by atoms with Crippen LogP contribution in [0.2, 0.25) is 0 Å². The number of anilines is 1. The molecule has 1 aliphatic heterocycles. The Morgan fingerprint density at radius 3 is 2.91 bits per heavy atom. The summed E-state index contributed by atoms with van der Waals surface area (Å²) in [4.78, 5) is 47.9. The van der Waals surface area contributed by atoms with E-state index in [1.165, 1.54) is 23.1 Å². The Morgan fingerprint density at radius 1 is 1.18 bits per heavy atom. The van der Waals surface area contributed by atoms with Crippen molar-refractivity contribution in [1.29, 1.82) is 0 Å². The summed E-state index contributed by atoms with van der Waals surface area (Å²) < 4.78 is 5.17. The number of rotatable bonds is 7. The second kappa shape index (κ2) is 9.50. The number of carbonyl (C=O) groups excluding carboxylic acids is 2. The number of thioether (sulfide) groups is 1. The molecule has 7 nitrogen and oxygen atoms in total. The summed E-state index contributed by atoms with van der Waals surface area (Å²) in [7, 11) is 0. The number of esters is 1. The number of amides is 1. The molecule has 0 saturated heterocycles. The smallest absolute Gasteiger partial charge is 0.316 e. The Labute approximate surface area is 201 Å². The molecule has 3 aromatic heterocycles. The third-order valence-electron chi connectivity index (χ3n) is 5.28. The molecule has 4 aromatic rings. The molecule has 5 rings (SSSR count). The molecule has 0 radical (unpaired) electrons. The topological polar surface area (TPSA) is 92.4 Å². The van der Waals surface area contributed by atoms with Crippen LogP contribution in [0.3, 0.4) is 0 Å². The van der Waals surface area contributed by atoms with Crippen molar-refractivity contribution in [3.63, 3.8) is 0 Å². The summed E-state index contributed by atoms with van der Waals surface area (Å²) >= 11 is 4.29. The summed E-state index contributed by atoms with van der Waals surface area (Å²) in [5.74, 6) is 0.236. The van der Waals surface area contributed by atoms with Gasteiger partial charge in [0.15, 0.2) is 6.61 Å². The van der Waals surface area contributed by atoms with Gasteiger partial charge in [0.1, 0.15) is 10.7 Å². The van der Waals surface area contributed by atoms with Gasteiger partial charge in [-0.1, -0.05) is 24.3 Å². The van der Waals surface area contributed by atoms with Crippen molar-refractivity contribution in [3.05, 3.63) is 68.9 Å². The summed E-state index contributed by atoms with van der Waals surface area (Å²) in [6.45, 7) is 0.318. The van der Waals surface area contributed by atoms with E-state index in [2.05, 4.69) is 9.97 Å². The molecule has 0 bridgehead atoms. The lowest BCUT2D eigenvalue weighted by atomic mass is 10.2. The number of hydrogen-bond acceptors (Lipinski definition) is 8. The van der Waals surface area contributed by atoms with Crippen molar-refractivity contribution in [1.82, 2.24) is 9.97 Å². The molecule has 1 amide bonds. The van der Waals surface area contributed by atoms with Gasteiger partial charge in [0.2, 0.25) is 0 Å². The van der Waals surface area contributed by atoms with Gasteiger partial charge in [0, 0.05) is 28.1 Å². The Morgan fingerprint density at radius 2 is 2.06 bits per heavy atom. The zero-order valence-electron chi connectivity index (χ0n) is 17.4. The predicted molar refractivity (Wildman–Crippen MR) is 133 cm³/mol. The number of thiophene rings is 2. The van der Waals surface area contributed by atoms with Crippen LogP contribution in [-0.2, 0) is 26.5 Å². The maximum absolute atomic E-state index is 12.6. The third kappa shape index (κ3) is 4.59. The largest absolute Gasteiger partial charge is 0.455 e. The van der Waals surface area contributed by atoms with Crippen LogP contribution in [0.5, 0.6) is 0 Å².